The number of nitrogen functional groups attached to an aromatic ring is 1. The maximum Gasteiger partial charge on any atom is 0.107 e. The van der Waals surface area contributed by atoms with E-state index < -0.39 is 12.2 Å². The van der Waals surface area contributed by atoms with Crippen molar-refractivity contribution in [2.24, 2.45) is 0 Å². The summed E-state index contributed by atoms with van der Waals surface area (Å²) in [5, 5.41) is 23.2. The Morgan fingerprint density at radius 1 is 1.26 bits per heavy atom. The van der Waals surface area contributed by atoms with Gasteiger partial charge in [-0.1, -0.05) is 32.9 Å². The molecule has 0 heterocycles. The fourth-order valence-corrected chi connectivity index (χ4v) is 1.95. The van der Waals surface area contributed by atoms with Gasteiger partial charge in [0.15, 0.2) is 0 Å². The van der Waals surface area contributed by atoms with Crippen molar-refractivity contribution in [1.29, 1.82) is 0 Å². The molecule has 0 bridgehead atoms. The third-order valence-corrected chi connectivity index (χ3v) is 3.33. The first-order valence-electron chi connectivity index (χ1n) is 6.68. The van der Waals surface area contributed by atoms with Gasteiger partial charge in [0.25, 0.3) is 0 Å². The molecule has 0 fully saturated rings. The van der Waals surface area contributed by atoms with Gasteiger partial charge >= 0.3 is 0 Å². The molecule has 0 aliphatic carbocycles. The Bertz CT molecular complexity index is 413. The Hall–Kier alpha value is -1.10. The molecule has 0 saturated heterocycles. The van der Waals surface area contributed by atoms with Gasteiger partial charge < -0.3 is 21.3 Å². The second-order valence-electron chi connectivity index (χ2n) is 6.00. The van der Waals surface area contributed by atoms with E-state index in [-0.39, 0.29) is 5.41 Å². The number of hydrogen-bond acceptors (Lipinski definition) is 4. The summed E-state index contributed by atoms with van der Waals surface area (Å²) in [6.45, 7) is 6.96. The van der Waals surface area contributed by atoms with Crippen LogP contribution in [0.15, 0.2) is 18.2 Å². The SMILES string of the molecule is CNCCC(O)C(O)c1cc(C(C)(C)C)ccc1N. The van der Waals surface area contributed by atoms with Gasteiger partial charge in [0.05, 0.1) is 6.10 Å². The molecule has 1 aromatic carbocycles. The summed E-state index contributed by atoms with van der Waals surface area (Å²) >= 11 is 0. The van der Waals surface area contributed by atoms with Crippen molar-refractivity contribution in [3.05, 3.63) is 29.3 Å². The van der Waals surface area contributed by atoms with Gasteiger partial charge in [-0.05, 0) is 37.1 Å². The Labute approximate surface area is 115 Å². The quantitative estimate of drug-likeness (QED) is 0.610. The summed E-state index contributed by atoms with van der Waals surface area (Å²) < 4.78 is 0. The summed E-state index contributed by atoms with van der Waals surface area (Å²) in [6.07, 6.45) is -1.28. The first-order chi connectivity index (χ1) is 8.77. The smallest absolute Gasteiger partial charge is 0.107 e. The lowest BCUT2D eigenvalue weighted by Crippen LogP contribution is -2.24. The lowest BCUT2D eigenvalue weighted by atomic mass is 9.84. The molecule has 4 nitrogen and oxygen atoms in total. The number of nitrogens with one attached hydrogen (secondary N) is 1. The average Bonchev–Trinajstić information content (AvgIpc) is 2.34. The van der Waals surface area contributed by atoms with Crippen LogP contribution >= 0.6 is 0 Å². The molecule has 5 N–H and O–H groups in total. The van der Waals surface area contributed by atoms with Gasteiger partial charge in [-0.2, -0.15) is 0 Å². The predicted octanol–water partition coefficient (Wildman–Crippen LogP) is 1.57. The molecule has 0 amide bonds. The standard InChI is InChI=1S/C15H26N2O2/c1-15(2,3)10-5-6-12(16)11(9-10)14(19)13(18)7-8-17-4/h5-6,9,13-14,17-19H,7-8,16H2,1-4H3. The van der Waals surface area contributed by atoms with Crippen LogP contribution in [0.1, 0.15) is 44.4 Å². The topological polar surface area (TPSA) is 78.5 Å². The minimum atomic E-state index is -0.948. The summed E-state index contributed by atoms with van der Waals surface area (Å²) in [5.74, 6) is 0. The maximum absolute atomic E-state index is 10.2. The second-order valence-corrected chi connectivity index (χ2v) is 6.00. The van der Waals surface area contributed by atoms with Crippen molar-refractivity contribution >= 4 is 5.69 Å². The molecule has 2 unspecified atom stereocenters. The van der Waals surface area contributed by atoms with Crippen molar-refractivity contribution in [2.75, 3.05) is 19.3 Å². The highest BCUT2D eigenvalue weighted by molar-refractivity contribution is 5.51. The molecule has 0 aliphatic rings. The summed E-state index contributed by atoms with van der Waals surface area (Å²) in [6, 6.07) is 5.65. The van der Waals surface area contributed by atoms with E-state index in [0.717, 1.165) is 5.56 Å². The summed E-state index contributed by atoms with van der Waals surface area (Å²) in [4.78, 5) is 0. The van der Waals surface area contributed by atoms with Crippen LogP contribution in [-0.4, -0.2) is 29.9 Å². The zero-order valence-corrected chi connectivity index (χ0v) is 12.3. The van der Waals surface area contributed by atoms with E-state index in [0.29, 0.717) is 24.2 Å². The van der Waals surface area contributed by atoms with Gasteiger partial charge in [0.1, 0.15) is 6.10 Å². The lowest BCUT2D eigenvalue weighted by molar-refractivity contribution is 0.0144. The highest BCUT2D eigenvalue weighted by atomic mass is 16.3. The van der Waals surface area contributed by atoms with Crippen molar-refractivity contribution in [2.45, 2.75) is 44.8 Å². The molecule has 4 heteroatoms. The molecule has 0 aliphatic heterocycles. The third kappa shape index (κ3) is 4.20. The van der Waals surface area contributed by atoms with Crippen LogP contribution in [0.3, 0.4) is 0 Å². The Morgan fingerprint density at radius 3 is 2.42 bits per heavy atom. The van der Waals surface area contributed by atoms with Gasteiger partial charge in [-0.15, -0.1) is 0 Å². The molecule has 0 spiro atoms. The summed E-state index contributed by atoms with van der Waals surface area (Å²) in [5.41, 5.74) is 8.12. The van der Waals surface area contributed by atoms with E-state index in [1.807, 2.05) is 19.2 Å². The molecule has 1 rings (SSSR count). The molecule has 2 atom stereocenters. The van der Waals surface area contributed by atoms with E-state index >= 15 is 0 Å². The molecule has 19 heavy (non-hydrogen) atoms. The Kier molecular flexibility index (Phi) is 5.35. The molecule has 1 aromatic rings. The van der Waals surface area contributed by atoms with E-state index in [1.165, 1.54) is 0 Å². The monoisotopic (exact) mass is 266 g/mol. The number of aliphatic hydroxyl groups excluding tert-OH is 2. The van der Waals surface area contributed by atoms with Crippen molar-refractivity contribution < 1.29 is 10.2 Å². The van der Waals surface area contributed by atoms with Crippen LogP contribution in [0.2, 0.25) is 0 Å². The number of rotatable bonds is 5. The highest BCUT2D eigenvalue weighted by Crippen LogP contribution is 2.30. The van der Waals surface area contributed by atoms with Crippen molar-refractivity contribution in [3.63, 3.8) is 0 Å². The molecule has 0 saturated carbocycles. The molecule has 0 radical (unpaired) electrons. The zero-order valence-electron chi connectivity index (χ0n) is 12.3. The van der Waals surface area contributed by atoms with Gasteiger partial charge in [-0.3, -0.25) is 0 Å². The minimum Gasteiger partial charge on any atom is -0.398 e. The Balaban J connectivity index is 2.98. The zero-order chi connectivity index (χ0) is 14.6. The third-order valence-electron chi connectivity index (χ3n) is 3.33. The number of nitrogens with two attached hydrogens (primary N) is 1. The predicted molar refractivity (Wildman–Crippen MR) is 79.1 cm³/mol. The van der Waals surface area contributed by atoms with Gasteiger partial charge in [0.2, 0.25) is 0 Å². The van der Waals surface area contributed by atoms with Crippen molar-refractivity contribution in [3.8, 4) is 0 Å². The first kappa shape index (κ1) is 16.0. The maximum atomic E-state index is 10.2. The fraction of sp³-hybridized carbons (Fsp3) is 0.600. The van der Waals surface area contributed by atoms with Crippen LogP contribution < -0.4 is 11.1 Å². The van der Waals surface area contributed by atoms with Gasteiger partial charge in [0, 0.05) is 11.3 Å². The average molecular weight is 266 g/mol. The van der Waals surface area contributed by atoms with Crippen molar-refractivity contribution in [1.82, 2.24) is 5.32 Å². The molecular weight excluding hydrogens is 240 g/mol. The second kappa shape index (κ2) is 6.37. The van der Waals surface area contributed by atoms with E-state index in [9.17, 15) is 10.2 Å². The normalized spacial score (nSPS) is 15.3. The number of aliphatic hydroxyl groups is 2. The van der Waals surface area contributed by atoms with Crippen LogP contribution in [0, 0.1) is 0 Å². The first-order valence-corrected chi connectivity index (χ1v) is 6.68. The highest BCUT2D eigenvalue weighted by Gasteiger charge is 2.22. The number of anilines is 1. The number of benzene rings is 1. The van der Waals surface area contributed by atoms with Crippen LogP contribution in [-0.2, 0) is 5.41 Å². The Morgan fingerprint density at radius 2 is 1.89 bits per heavy atom. The van der Waals surface area contributed by atoms with E-state index in [2.05, 4.69) is 26.1 Å². The van der Waals surface area contributed by atoms with Crippen LogP contribution in [0.4, 0.5) is 5.69 Å². The van der Waals surface area contributed by atoms with E-state index in [4.69, 9.17) is 5.73 Å². The molecule has 108 valence electrons. The largest absolute Gasteiger partial charge is 0.398 e. The molecular formula is C15H26N2O2. The number of hydrogen-bond donors (Lipinski definition) is 4. The van der Waals surface area contributed by atoms with Crippen LogP contribution in [0.25, 0.3) is 0 Å². The minimum absolute atomic E-state index is 0.0158. The fourth-order valence-electron chi connectivity index (χ4n) is 1.95. The van der Waals surface area contributed by atoms with Gasteiger partial charge in [-0.25, -0.2) is 0 Å². The molecule has 0 aromatic heterocycles. The summed E-state index contributed by atoms with van der Waals surface area (Å²) in [7, 11) is 1.81. The lowest BCUT2D eigenvalue weighted by Gasteiger charge is -2.24. The van der Waals surface area contributed by atoms with Crippen LogP contribution in [0.5, 0.6) is 0 Å². The van der Waals surface area contributed by atoms with E-state index in [1.54, 1.807) is 6.07 Å².